The number of hydrogen-bond acceptors (Lipinski definition) is 0. The van der Waals surface area contributed by atoms with Crippen LogP contribution >= 0.6 is 0 Å². The molecule has 0 fully saturated rings. The summed E-state index contributed by atoms with van der Waals surface area (Å²) in [4.78, 5) is 15.5. The fourth-order valence-corrected chi connectivity index (χ4v) is 7.28. The molecule has 0 unspecified atom stereocenters. The third-order valence-corrected chi connectivity index (χ3v) is 9.12. The van der Waals surface area contributed by atoms with Gasteiger partial charge in [0.25, 0.3) is 0 Å². The first kappa shape index (κ1) is 28.1. The Balaban J connectivity index is 2.00. The monoisotopic (exact) mass is 536 g/mol. The lowest BCUT2D eigenvalue weighted by atomic mass is 10.0. The molecule has 4 N–H and O–H groups in total. The van der Waals surface area contributed by atoms with E-state index in [0.29, 0.717) is 0 Å². The van der Waals surface area contributed by atoms with Crippen LogP contribution in [0.3, 0.4) is 0 Å². The van der Waals surface area contributed by atoms with E-state index < -0.39 is 0 Å². The van der Waals surface area contributed by atoms with Crippen LogP contribution in [0.15, 0.2) is 0 Å². The van der Waals surface area contributed by atoms with E-state index in [2.05, 4.69) is 99.6 Å². The van der Waals surface area contributed by atoms with Gasteiger partial charge in [-0.1, -0.05) is 55.4 Å². The molecule has 8 bridgehead atoms. The van der Waals surface area contributed by atoms with Gasteiger partial charge in [0.05, 0.1) is 0 Å². The van der Waals surface area contributed by atoms with Crippen molar-refractivity contribution in [1.82, 2.24) is 19.9 Å². The van der Waals surface area contributed by atoms with Gasteiger partial charge in [-0.15, -0.1) is 0 Å². The van der Waals surface area contributed by atoms with Crippen molar-refractivity contribution >= 4 is 24.3 Å². The summed E-state index contributed by atoms with van der Waals surface area (Å²) in [7, 11) is 0. The summed E-state index contributed by atoms with van der Waals surface area (Å²) in [5.74, 6) is 0. The highest BCUT2D eigenvalue weighted by Gasteiger charge is 2.17. The first-order valence-electron chi connectivity index (χ1n) is 15.8. The Morgan fingerprint density at radius 3 is 0.675 bits per heavy atom. The van der Waals surface area contributed by atoms with Crippen molar-refractivity contribution in [3.05, 3.63) is 88.7 Å². The molecule has 0 aliphatic carbocycles. The van der Waals surface area contributed by atoms with Crippen LogP contribution in [0.25, 0.3) is 24.3 Å². The number of fused-ring (bicyclic) bond motifs is 8. The van der Waals surface area contributed by atoms with Crippen LogP contribution in [0.1, 0.15) is 123 Å². The highest BCUT2D eigenvalue weighted by Crippen LogP contribution is 2.24. The zero-order valence-electron chi connectivity index (χ0n) is 26.0. The molecule has 0 spiro atoms. The van der Waals surface area contributed by atoms with Crippen LogP contribution < -0.4 is 21.4 Å². The van der Waals surface area contributed by atoms with Gasteiger partial charge in [-0.25, -0.2) is 0 Å². The number of aromatic nitrogens is 4. The maximum absolute atomic E-state index is 3.87. The summed E-state index contributed by atoms with van der Waals surface area (Å²) in [5, 5.41) is 4.94. The second kappa shape index (κ2) is 11.6. The van der Waals surface area contributed by atoms with Gasteiger partial charge >= 0.3 is 0 Å². The summed E-state index contributed by atoms with van der Waals surface area (Å²) >= 11 is 0. The Labute approximate surface area is 239 Å². The predicted molar refractivity (Wildman–Crippen MR) is 171 cm³/mol. The highest BCUT2D eigenvalue weighted by molar-refractivity contribution is 5.65. The van der Waals surface area contributed by atoms with Crippen LogP contribution in [0.4, 0.5) is 0 Å². The average molecular weight is 537 g/mol. The lowest BCUT2D eigenvalue weighted by Crippen LogP contribution is -2.13. The standard InChI is InChI=1S/C36H48N4/c1-9-21-22(10-2)30-18-32-25(13-5)26(14-6)34(39-32)20-36-28(16-8)27(15-7)35(40-36)19-33-24(12-4)23(11-3)31(38-33)17-29(21)37-30/h17-20,37-40H,9-16H2,1-8H3. The minimum atomic E-state index is 1.01. The summed E-state index contributed by atoms with van der Waals surface area (Å²) in [6.45, 7) is 18.3. The van der Waals surface area contributed by atoms with E-state index in [4.69, 9.17) is 0 Å². The Morgan fingerprint density at radius 1 is 0.300 bits per heavy atom. The topological polar surface area (TPSA) is 63.2 Å². The molecule has 4 nitrogen and oxygen atoms in total. The Hall–Kier alpha value is -3.40. The van der Waals surface area contributed by atoms with Gasteiger partial charge in [0, 0.05) is 44.2 Å². The van der Waals surface area contributed by atoms with Crippen LogP contribution in [-0.2, 0) is 51.4 Å². The van der Waals surface area contributed by atoms with Gasteiger partial charge in [-0.2, -0.15) is 0 Å². The minimum Gasteiger partial charge on any atom is -0.355 e. The number of rotatable bonds is 8. The van der Waals surface area contributed by atoms with Crippen molar-refractivity contribution in [2.75, 3.05) is 0 Å². The molecule has 4 aromatic rings. The first-order chi connectivity index (χ1) is 19.5. The molecule has 0 amide bonds. The quantitative estimate of drug-likeness (QED) is 0.213. The van der Waals surface area contributed by atoms with E-state index in [1.165, 1.54) is 88.7 Å². The highest BCUT2D eigenvalue weighted by atomic mass is 14.8. The summed E-state index contributed by atoms with van der Waals surface area (Å²) in [6.07, 6.45) is 17.6. The number of hydrogen-bond donors (Lipinski definition) is 4. The third-order valence-electron chi connectivity index (χ3n) is 9.12. The molecule has 0 aromatic carbocycles. The van der Waals surface area contributed by atoms with Crippen molar-refractivity contribution in [3.63, 3.8) is 0 Å². The van der Waals surface area contributed by atoms with E-state index in [1.807, 2.05) is 0 Å². The van der Waals surface area contributed by atoms with Crippen molar-refractivity contribution in [3.8, 4) is 0 Å². The molecule has 0 saturated carbocycles. The van der Waals surface area contributed by atoms with E-state index in [1.54, 1.807) is 0 Å². The summed E-state index contributed by atoms with van der Waals surface area (Å²) < 4.78 is 0. The van der Waals surface area contributed by atoms with Gasteiger partial charge in [0.15, 0.2) is 0 Å². The molecule has 4 heteroatoms. The largest absolute Gasteiger partial charge is 0.355 e. The molecule has 0 atom stereocenters. The first-order valence-corrected chi connectivity index (χ1v) is 15.8. The maximum atomic E-state index is 3.87. The number of H-pyrrole nitrogens is 4. The Morgan fingerprint density at radius 2 is 0.500 bits per heavy atom. The molecule has 5 heterocycles. The van der Waals surface area contributed by atoms with Crippen molar-refractivity contribution in [2.45, 2.75) is 107 Å². The van der Waals surface area contributed by atoms with Crippen LogP contribution in [0.5, 0.6) is 0 Å². The molecular formula is C36H48N4. The SMILES string of the molecule is CCc1c2[nH]c(c1CC)C=c1[nH]c(c(CC)c1CC)=Cc1[nH]c(c(CC)c1CC)C=c1[nH]c(c(CC)c1CC)=C2. The third kappa shape index (κ3) is 4.56. The molecule has 40 heavy (non-hydrogen) atoms. The molecule has 1 aliphatic rings. The fraction of sp³-hybridized carbons (Fsp3) is 0.444. The second-order valence-electron chi connectivity index (χ2n) is 11.0. The summed E-state index contributed by atoms with van der Waals surface area (Å²) in [5.41, 5.74) is 16.4. The number of nitrogens with one attached hydrogen (secondary N) is 4. The number of aromatic amines is 4. The van der Waals surface area contributed by atoms with Crippen molar-refractivity contribution in [2.24, 2.45) is 0 Å². The van der Waals surface area contributed by atoms with Gasteiger partial charge in [0.1, 0.15) is 0 Å². The molecule has 0 saturated heterocycles. The van der Waals surface area contributed by atoms with Gasteiger partial charge in [-0.3, -0.25) is 0 Å². The zero-order valence-corrected chi connectivity index (χ0v) is 26.0. The Bertz CT molecular complexity index is 1520. The molecule has 0 radical (unpaired) electrons. The van der Waals surface area contributed by atoms with Crippen LogP contribution in [-0.4, -0.2) is 19.9 Å². The smallest absolute Gasteiger partial charge is 0.0441 e. The van der Waals surface area contributed by atoms with Crippen molar-refractivity contribution in [1.29, 1.82) is 0 Å². The van der Waals surface area contributed by atoms with E-state index >= 15 is 0 Å². The summed E-state index contributed by atoms with van der Waals surface area (Å²) in [6, 6.07) is 0. The fourth-order valence-electron chi connectivity index (χ4n) is 7.28. The van der Waals surface area contributed by atoms with Crippen LogP contribution in [0, 0.1) is 0 Å². The van der Waals surface area contributed by atoms with E-state index in [0.717, 1.165) is 51.4 Å². The average Bonchev–Trinajstić information content (AvgIpc) is 3.67. The molecule has 4 aromatic heterocycles. The van der Waals surface area contributed by atoms with Crippen molar-refractivity contribution < 1.29 is 0 Å². The lowest BCUT2D eigenvalue weighted by molar-refractivity contribution is 1.03. The lowest BCUT2D eigenvalue weighted by Gasteiger charge is -2.02. The Kier molecular flexibility index (Phi) is 8.16. The van der Waals surface area contributed by atoms with E-state index in [-0.39, 0.29) is 0 Å². The second-order valence-corrected chi connectivity index (χ2v) is 11.0. The van der Waals surface area contributed by atoms with Gasteiger partial charge < -0.3 is 19.9 Å². The maximum Gasteiger partial charge on any atom is 0.0441 e. The minimum absolute atomic E-state index is 1.01. The van der Waals surface area contributed by atoms with E-state index in [9.17, 15) is 0 Å². The zero-order chi connectivity index (χ0) is 28.6. The molecule has 212 valence electrons. The normalized spacial score (nSPS) is 12.6. The van der Waals surface area contributed by atoms with Crippen LogP contribution in [0.2, 0.25) is 0 Å². The van der Waals surface area contributed by atoms with Gasteiger partial charge in [-0.05, 0) is 120 Å². The van der Waals surface area contributed by atoms with Gasteiger partial charge in [0.2, 0.25) is 0 Å². The predicted octanol–water partition coefficient (Wildman–Crippen LogP) is 5.13. The molecule has 5 rings (SSSR count). The molecule has 1 aliphatic heterocycles. The molecular weight excluding hydrogens is 488 g/mol.